The lowest BCUT2D eigenvalue weighted by atomic mass is 10.1. The van der Waals surface area contributed by atoms with E-state index in [1.807, 2.05) is 6.92 Å². The second-order valence-electron chi connectivity index (χ2n) is 6.01. The number of ether oxygens (including phenoxy) is 1. The summed E-state index contributed by atoms with van der Waals surface area (Å²) in [4.78, 5) is 0. The molecular formula is C14H29N3O3S. The number of rotatable bonds is 6. The van der Waals surface area contributed by atoms with Gasteiger partial charge in [-0.2, -0.15) is 17.0 Å². The average Bonchev–Trinajstić information content (AvgIpc) is 2.48. The second kappa shape index (κ2) is 7.87. The molecule has 21 heavy (non-hydrogen) atoms. The Hall–Kier alpha value is -0.210. The smallest absolute Gasteiger partial charge is 0.282 e. The van der Waals surface area contributed by atoms with Crippen molar-refractivity contribution < 1.29 is 13.2 Å². The second-order valence-corrected chi connectivity index (χ2v) is 7.84. The molecule has 2 aliphatic rings. The summed E-state index contributed by atoms with van der Waals surface area (Å²) in [6, 6.07) is 0.0141. The molecule has 124 valence electrons. The van der Waals surface area contributed by atoms with Gasteiger partial charge < -0.3 is 10.1 Å². The van der Waals surface area contributed by atoms with Gasteiger partial charge in [0.25, 0.3) is 10.2 Å². The zero-order chi connectivity index (χ0) is 15.3. The molecule has 0 amide bonds. The summed E-state index contributed by atoms with van der Waals surface area (Å²) in [5.74, 6) is 0. The Balaban J connectivity index is 2.07. The molecule has 2 aliphatic heterocycles. The summed E-state index contributed by atoms with van der Waals surface area (Å²) < 4.78 is 34.6. The van der Waals surface area contributed by atoms with Gasteiger partial charge in [0.1, 0.15) is 0 Å². The Morgan fingerprint density at radius 3 is 2.76 bits per heavy atom. The molecule has 0 aromatic carbocycles. The third kappa shape index (κ3) is 4.16. The molecule has 0 aliphatic carbocycles. The Kier molecular flexibility index (Phi) is 6.43. The maximum Gasteiger partial charge on any atom is 0.282 e. The summed E-state index contributed by atoms with van der Waals surface area (Å²) in [5, 5.41) is 3.37. The minimum Gasteiger partial charge on any atom is -0.378 e. The molecule has 0 aromatic heterocycles. The highest BCUT2D eigenvalue weighted by Crippen LogP contribution is 2.24. The Labute approximate surface area is 129 Å². The molecule has 6 nitrogen and oxygen atoms in total. The molecule has 2 rings (SSSR count). The lowest BCUT2D eigenvalue weighted by Gasteiger charge is -2.41. The SMILES string of the molecule is CCCNCC1CCCCN1S(=O)(=O)N1CCOCC1C. The number of nitrogens with zero attached hydrogens (tertiary/aromatic N) is 2. The van der Waals surface area contributed by atoms with Gasteiger partial charge in [0.15, 0.2) is 0 Å². The monoisotopic (exact) mass is 319 g/mol. The van der Waals surface area contributed by atoms with Crippen molar-refractivity contribution in [3.05, 3.63) is 0 Å². The molecule has 2 saturated heterocycles. The van der Waals surface area contributed by atoms with Crippen LogP contribution in [0, 0.1) is 0 Å². The van der Waals surface area contributed by atoms with Gasteiger partial charge in [-0.15, -0.1) is 0 Å². The zero-order valence-electron chi connectivity index (χ0n) is 13.3. The molecule has 0 aromatic rings. The quantitative estimate of drug-likeness (QED) is 0.736. The topological polar surface area (TPSA) is 61.9 Å². The van der Waals surface area contributed by atoms with Gasteiger partial charge in [-0.25, -0.2) is 0 Å². The van der Waals surface area contributed by atoms with E-state index in [1.165, 1.54) is 0 Å². The number of hydrogen-bond donors (Lipinski definition) is 1. The fraction of sp³-hybridized carbons (Fsp3) is 1.00. The van der Waals surface area contributed by atoms with Crippen molar-refractivity contribution in [2.75, 3.05) is 39.4 Å². The molecule has 0 spiro atoms. The van der Waals surface area contributed by atoms with Crippen LogP contribution in [0.15, 0.2) is 0 Å². The highest BCUT2D eigenvalue weighted by atomic mass is 32.2. The van der Waals surface area contributed by atoms with Gasteiger partial charge in [0.2, 0.25) is 0 Å². The van der Waals surface area contributed by atoms with Crippen LogP contribution in [-0.2, 0) is 14.9 Å². The first kappa shape index (κ1) is 17.1. The van der Waals surface area contributed by atoms with E-state index in [4.69, 9.17) is 4.74 Å². The molecule has 2 heterocycles. The minimum atomic E-state index is -3.37. The molecule has 1 N–H and O–H groups in total. The maximum absolute atomic E-state index is 13.0. The lowest BCUT2D eigenvalue weighted by Crippen LogP contribution is -2.57. The fourth-order valence-corrected chi connectivity index (χ4v) is 5.12. The van der Waals surface area contributed by atoms with Crippen molar-refractivity contribution in [3.8, 4) is 0 Å². The fourth-order valence-electron chi connectivity index (χ4n) is 3.12. The Bertz CT molecular complexity index is 416. The van der Waals surface area contributed by atoms with Crippen molar-refractivity contribution in [1.29, 1.82) is 0 Å². The van der Waals surface area contributed by atoms with E-state index in [2.05, 4.69) is 12.2 Å². The van der Waals surface area contributed by atoms with Crippen LogP contribution in [0.25, 0.3) is 0 Å². The van der Waals surface area contributed by atoms with Crippen LogP contribution in [0.3, 0.4) is 0 Å². The van der Waals surface area contributed by atoms with E-state index in [9.17, 15) is 8.42 Å². The van der Waals surface area contributed by atoms with E-state index >= 15 is 0 Å². The summed E-state index contributed by atoms with van der Waals surface area (Å²) in [6.07, 6.45) is 4.10. The van der Waals surface area contributed by atoms with Crippen LogP contribution in [0.5, 0.6) is 0 Å². The van der Waals surface area contributed by atoms with Crippen LogP contribution >= 0.6 is 0 Å². The number of hydrogen-bond acceptors (Lipinski definition) is 4. The highest BCUT2D eigenvalue weighted by Gasteiger charge is 2.39. The van der Waals surface area contributed by atoms with Crippen LogP contribution in [-0.4, -0.2) is 68.5 Å². The minimum absolute atomic E-state index is 0.0741. The normalized spacial score (nSPS) is 29.6. The first-order valence-electron chi connectivity index (χ1n) is 8.14. The van der Waals surface area contributed by atoms with Crippen LogP contribution in [0.2, 0.25) is 0 Å². The van der Waals surface area contributed by atoms with Crippen molar-refractivity contribution in [2.24, 2.45) is 0 Å². The van der Waals surface area contributed by atoms with Gasteiger partial charge in [-0.05, 0) is 32.7 Å². The van der Waals surface area contributed by atoms with E-state index in [1.54, 1.807) is 8.61 Å². The van der Waals surface area contributed by atoms with Gasteiger partial charge >= 0.3 is 0 Å². The Morgan fingerprint density at radius 1 is 1.24 bits per heavy atom. The molecule has 0 radical (unpaired) electrons. The zero-order valence-corrected chi connectivity index (χ0v) is 14.1. The largest absolute Gasteiger partial charge is 0.378 e. The first-order chi connectivity index (χ1) is 10.1. The lowest BCUT2D eigenvalue weighted by molar-refractivity contribution is 0.0347. The summed E-state index contributed by atoms with van der Waals surface area (Å²) in [7, 11) is -3.37. The predicted octanol–water partition coefficient (Wildman–Crippen LogP) is 0.806. The number of morpholine rings is 1. The van der Waals surface area contributed by atoms with E-state index in [0.717, 1.165) is 38.8 Å². The van der Waals surface area contributed by atoms with Crippen LogP contribution in [0.4, 0.5) is 0 Å². The van der Waals surface area contributed by atoms with Crippen molar-refractivity contribution >= 4 is 10.2 Å². The standard InChI is InChI=1S/C14H29N3O3S/c1-3-7-15-11-14-6-4-5-8-17(14)21(18,19)16-9-10-20-12-13(16)2/h13-15H,3-12H2,1-2H3. The summed E-state index contributed by atoms with van der Waals surface area (Å²) in [5.41, 5.74) is 0. The first-order valence-corrected chi connectivity index (χ1v) is 9.54. The highest BCUT2D eigenvalue weighted by molar-refractivity contribution is 7.86. The van der Waals surface area contributed by atoms with E-state index < -0.39 is 10.2 Å². The van der Waals surface area contributed by atoms with E-state index in [0.29, 0.717) is 26.3 Å². The number of nitrogens with one attached hydrogen (secondary N) is 1. The van der Waals surface area contributed by atoms with Crippen molar-refractivity contribution in [1.82, 2.24) is 13.9 Å². The molecule has 2 fully saturated rings. The summed E-state index contributed by atoms with van der Waals surface area (Å²) >= 11 is 0. The molecule has 2 atom stereocenters. The van der Waals surface area contributed by atoms with Crippen LogP contribution < -0.4 is 5.32 Å². The Morgan fingerprint density at radius 2 is 2.05 bits per heavy atom. The average molecular weight is 319 g/mol. The molecule has 7 heteroatoms. The van der Waals surface area contributed by atoms with E-state index in [-0.39, 0.29) is 12.1 Å². The summed E-state index contributed by atoms with van der Waals surface area (Å²) in [6.45, 7) is 7.84. The predicted molar refractivity (Wildman–Crippen MR) is 83.4 cm³/mol. The maximum atomic E-state index is 13.0. The van der Waals surface area contributed by atoms with Crippen molar-refractivity contribution in [3.63, 3.8) is 0 Å². The van der Waals surface area contributed by atoms with Crippen LogP contribution in [0.1, 0.15) is 39.5 Å². The third-order valence-electron chi connectivity index (χ3n) is 4.28. The van der Waals surface area contributed by atoms with Gasteiger partial charge in [-0.1, -0.05) is 13.3 Å². The number of piperidine rings is 1. The molecular weight excluding hydrogens is 290 g/mol. The van der Waals surface area contributed by atoms with Gasteiger partial charge in [-0.3, -0.25) is 0 Å². The van der Waals surface area contributed by atoms with Gasteiger partial charge in [0.05, 0.1) is 13.2 Å². The van der Waals surface area contributed by atoms with Gasteiger partial charge in [0, 0.05) is 31.7 Å². The molecule has 0 bridgehead atoms. The third-order valence-corrected chi connectivity index (χ3v) is 6.49. The molecule has 0 saturated carbocycles. The van der Waals surface area contributed by atoms with Crippen molar-refractivity contribution in [2.45, 2.75) is 51.6 Å². The molecule has 2 unspecified atom stereocenters.